The van der Waals surface area contributed by atoms with Crippen LogP contribution in [0.5, 0.6) is 0 Å². The first kappa shape index (κ1) is 15.2. The maximum atomic E-state index is 12.6. The normalized spacial score (nSPS) is 21.2. The van der Waals surface area contributed by atoms with Crippen LogP contribution >= 0.6 is 0 Å². The van der Waals surface area contributed by atoms with Crippen LogP contribution in [0.4, 0.5) is 0 Å². The molecule has 0 saturated carbocycles. The van der Waals surface area contributed by atoms with Gasteiger partial charge in [-0.05, 0) is 19.1 Å². The van der Waals surface area contributed by atoms with E-state index in [4.69, 9.17) is 9.84 Å². The van der Waals surface area contributed by atoms with Crippen LogP contribution in [0.25, 0.3) is 5.69 Å². The summed E-state index contributed by atoms with van der Waals surface area (Å²) in [4.78, 5) is 25.2. The number of aromatic nitrogens is 2. The first-order valence-electron chi connectivity index (χ1n) is 7.32. The SMILES string of the molecule is C[C@@H]1CN(C(=O)c2cnn(-c3ccccc3)c2)CC(C(=O)O)O1. The average Bonchev–Trinajstić information content (AvgIpc) is 3.04. The fraction of sp³-hybridized carbons (Fsp3) is 0.312. The summed E-state index contributed by atoms with van der Waals surface area (Å²) in [5.41, 5.74) is 1.28. The van der Waals surface area contributed by atoms with Crippen molar-refractivity contribution in [3.8, 4) is 5.69 Å². The minimum atomic E-state index is -1.06. The minimum absolute atomic E-state index is 0.0367. The van der Waals surface area contributed by atoms with Gasteiger partial charge >= 0.3 is 5.97 Å². The maximum Gasteiger partial charge on any atom is 0.334 e. The van der Waals surface area contributed by atoms with E-state index in [9.17, 15) is 9.59 Å². The van der Waals surface area contributed by atoms with Crippen molar-refractivity contribution in [2.24, 2.45) is 0 Å². The zero-order valence-electron chi connectivity index (χ0n) is 12.6. The number of rotatable bonds is 3. The molecule has 1 aliphatic rings. The summed E-state index contributed by atoms with van der Waals surface area (Å²) in [5.74, 6) is -1.30. The Morgan fingerprint density at radius 3 is 2.70 bits per heavy atom. The molecule has 120 valence electrons. The molecule has 1 unspecified atom stereocenters. The summed E-state index contributed by atoms with van der Waals surface area (Å²) in [6, 6.07) is 9.45. The number of carboxylic acids is 1. The second-order valence-corrected chi connectivity index (χ2v) is 5.49. The Labute approximate surface area is 133 Å². The fourth-order valence-corrected chi connectivity index (χ4v) is 2.59. The molecule has 2 aromatic rings. The van der Waals surface area contributed by atoms with Gasteiger partial charge in [0.1, 0.15) is 0 Å². The minimum Gasteiger partial charge on any atom is -0.479 e. The highest BCUT2D eigenvalue weighted by molar-refractivity contribution is 5.94. The van der Waals surface area contributed by atoms with Gasteiger partial charge in [-0.25, -0.2) is 9.48 Å². The Hall–Kier alpha value is -2.67. The van der Waals surface area contributed by atoms with Gasteiger partial charge in [-0.1, -0.05) is 18.2 Å². The van der Waals surface area contributed by atoms with Crippen LogP contribution in [-0.2, 0) is 9.53 Å². The van der Waals surface area contributed by atoms with Crippen LogP contribution in [0, 0.1) is 0 Å². The zero-order chi connectivity index (χ0) is 16.4. The molecule has 7 heteroatoms. The Morgan fingerprint density at radius 2 is 2.00 bits per heavy atom. The number of aliphatic carboxylic acids is 1. The number of hydrogen-bond donors (Lipinski definition) is 1. The van der Waals surface area contributed by atoms with Crippen molar-refractivity contribution >= 4 is 11.9 Å². The predicted molar refractivity (Wildman–Crippen MR) is 81.4 cm³/mol. The zero-order valence-corrected chi connectivity index (χ0v) is 12.6. The van der Waals surface area contributed by atoms with E-state index in [1.165, 1.54) is 11.1 Å². The van der Waals surface area contributed by atoms with E-state index in [1.807, 2.05) is 30.3 Å². The van der Waals surface area contributed by atoms with Crippen LogP contribution in [0.1, 0.15) is 17.3 Å². The van der Waals surface area contributed by atoms with Crippen molar-refractivity contribution < 1.29 is 19.4 Å². The molecule has 1 saturated heterocycles. The van der Waals surface area contributed by atoms with Crippen LogP contribution < -0.4 is 0 Å². The smallest absolute Gasteiger partial charge is 0.334 e. The molecule has 1 fully saturated rings. The lowest BCUT2D eigenvalue weighted by atomic mass is 10.2. The molecule has 1 aromatic heterocycles. The number of nitrogens with zero attached hydrogens (tertiary/aromatic N) is 3. The fourth-order valence-electron chi connectivity index (χ4n) is 2.59. The molecule has 1 amide bonds. The number of carboxylic acid groups (broad SMARTS) is 1. The summed E-state index contributed by atoms with van der Waals surface area (Å²) in [6.45, 7) is 2.15. The molecule has 1 aromatic carbocycles. The van der Waals surface area contributed by atoms with Crippen molar-refractivity contribution in [1.82, 2.24) is 14.7 Å². The van der Waals surface area contributed by atoms with E-state index in [-0.39, 0.29) is 18.6 Å². The average molecular weight is 315 g/mol. The molecule has 7 nitrogen and oxygen atoms in total. The Bertz CT molecular complexity index is 713. The number of hydrogen-bond acceptors (Lipinski definition) is 4. The van der Waals surface area contributed by atoms with Gasteiger partial charge in [0.15, 0.2) is 6.10 Å². The largest absolute Gasteiger partial charge is 0.479 e. The first-order chi connectivity index (χ1) is 11.0. The summed E-state index contributed by atoms with van der Waals surface area (Å²) in [7, 11) is 0. The Morgan fingerprint density at radius 1 is 1.26 bits per heavy atom. The second-order valence-electron chi connectivity index (χ2n) is 5.49. The third-order valence-electron chi connectivity index (χ3n) is 3.67. The monoisotopic (exact) mass is 315 g/mol. The molecule has 1 N–H and O–H groups in total. The van der Waals surface area contributed by atoms with Crippen LogP contribution in [0.3, 0.4) is 0 Å². The molecule has 0 spiro atoms. The highest BCUT2D eigenvalue weighted by Gasteiger charge is 2.33. The van der Waals surface area contributed by atoms with Crippen molar-refractivity contribution in [2.45, 2.75) is 19.1 Å². The number of ether oxygens (including phenoxy) is 1. The third kappa shape index (κ3) is 3.24. The molecule has 0 bridgehead atoms. The lowest BCUT2D eigenvalue weighted by molar-refractivity contribution is -0.160. The lowest BCUT2D eigenvalue weighted by Crippen LogP contribution is -2.51. The maximum absolute atomic E-state index is 12.6. The van der Waals surface area contributed by atoms with Crippen LogP contribution in [0.2, 0.25) is 0 Å². The predicted octanol–water partition coefficient (Wildman–Crippen LogP) is 1.19. The first-order valence-corrected chi connectivity index (χ1v) is 7.32. The van der Waals surface area contributed by atoms with Crippen molar-refractivity contribution in [2.75, 3.05) is 13.1 Å². The Kier molecular flexibility index (Phi) is 4.12. The van der Waals surface area contributed by atoms with Gasteiger partial charge in [-0.3, -0.25) is 4.79 Å². The van der Waals surface area contributed by atoms with Crippen molar-refractivity contribution in [1.29, 1.82) is 0 Å². The molecular formula is C16H17N3O4. The van der Waals surface area contributed by atoms with E-state index in [1.54, 1.807) is 17.8 Å². The molecule has 0 aliphatic carbocycles. The highest BCUT2D eigenvalue weighted by Crippen LogP contribution is 2.16. The van der Waals surface area contributed by atoms with Crippen molar-refractivity contribution in [3.63, 3.8) is 0 Å². The molecule has 3 rings (SSSR count). The van der Waals surface area contributed by atoms with Crippen molar-refractivity contribution in [3.05, 3.63) is 48.3 Å². The number of carbonyl (C=O) groups excluding carboxylic acids is 1. The summed E-state index contributed by atoms with van der Waals surface area (Å²) in [5, 5.41) is 13.3. The standard InChI is InChI=1S/C16H17N3O4/c1-11-8-18(10-14(23-11)16(21)22)15(20)12-7-17-19(9-12)13-5-3-2-4-6-13/h2-7,9,11,14H,8,10H2,1H3,(H,21,22)/t11-,14?/m1/s1. The van der Waals surface area contributed by atoms with E-state index >= 15 is 0 Å². The number of carbonyl (C=O) groups is 2. The van der Waals surface area contributed by atoms with E-state index in [0.29, 0.717) is 12.1 Å². The van der Waals surface area contributed by atoms with Gasteiger partial charge in [0.2, 0.25) is 0 Å². The molecule has 23 heavy (non-hydrogen) atoms. The molecule has 1 aliphatic heterocycles. The summed E-state index contributed by atoms with van der Waals surface area (Å²) >= 11 is 0. The second kappa shape index (κ2) is 6.21. The number of para-hydroxylation sites is 1. The van der Waals surface area contributed by atoms with Gasteiger partial charge in [0.05, 0.1) is 30.1 Å². The molecular weight excluding hydrogens is 298 g/mol. The van der Waals surface area contributed by atoms with Gasteiger partial charge in [-0.15, -0.1) is 0 Å². The Balaban J connectivity index is 1.78. The van der Waals surface area contributed by atoms with Gasteiger partial charge in [-0.2, -0.15) is 5.10 Å². The molecule has 0 radical (unpaired) electrons. The summed E-state index contributed by atoms with van der Waals surface area (Å²) in [6.07, 6.45) is 1.82. The van der Waals surface area contributed by atoms with E-state index in [0.717, 1.165) is 5.69 Å². The number of benzene rings is 1. The number of morpholine rings is 1. The molecule has 2 atom stereocenters. The van der Waals surface area contributed by atoms with Crippen LogP contribution in [0.15, 0.2) is 42.7 Å². The highest BCUT2D eigenvalue weighted by atomic mass is 16.5. The van der Waals surface area contributed by atoms with Gasteiger partial charge in [0, 0.05) is 12.7 Å². The lowest BCUT2D eigenvalue weighted by Gasteiger charge is -2.34. The number of amides is 1. The van der Waals surface area contributed by atoms with Crippen LogP contribution in [-0.4, -0.2) is 57.0 Å². The van der Waals surface area contributed by atoms with E-state index in [2.05, 4.69) is 5.10 Å². The molecule has 2 heterocycles. The summed E-state index contributed by atoms with van der Waals surface area (Å²) < 4.78 is 6.94. The van der Waals surface area contributed by atoms with Gasteiger partial charge in [0.25, 0.3) is 5.91 Å². The topological polar surface area (TPSA) is 84.7 Å². The van der Waals surface area contributed by atoms with E-state index < -0.39 is 12.1 Å². The third-order valence-corrected chi connectivity index (χ3v) is 3.67. The van der Waals surface area contributed by atoms with Gasteiger partial charge < -0.3 is 14.7 Å². The quantitative estimate of drug-likeness (QED) is 0.919.